The molecule has 0 aliphatic heterocycles. The summed E-state index contributed by atoms with van der Waals surface area (Å²) in [6.07, 6.45) is 0.255. The van der Waals surface area contributed by atoms with Gasteiger partial charge in [-0.2, -0.15) is 5.10 Å². The maximum Gasteiger partial charge on any atom is 0.170 e. The van der Waals surface area contributed by atoms with Gasteiger partial charge < -0.3 is 0 Å². The van der Waals surface area contributed by atoms with Crippen LogP contribution < -0.4 is 0 Å². The molecule has 0 amide bonds. The Hall–Kier alpha value is -2.13. The first kappa shape index (κ1) is 12.9. The van der Waals surface area contributed by atoms with E-state index in [1.165, 1.54) is 0 Å². The number of carbonyl (C=O) groups is 1. The van der Waals surface area contributed by atoms with Crippen LogP contribution in [0.2, 0.25) is 5.02 Å². The van der Waals surface area contributed by atoms with Crippen molar-refractivity contribution in [3.05, 3.63) is 64.8 Å². The van der Waals surface area contributed by atoms with Gasteiger partial charge in [0, 0.05) is 18.0 Å². The minimum Gasteiger partial charge on any atom is -0.294 e. The number of hydrogen-bond donors (Lipinski definition) is 0. The number of hydrogen-bond acceptors (Lipinski definition) is 2. The normalized spacial score (nSPS) is 10.9. The molecule has 3 aromatic rings. The molecule has 20 heavy (non-hydrogen) atoms. The van der Waals surface area contributed by atoms with Crippen molar-refractivity contribution >= 4 is 28.3 Å². The van der Waals surface area contributed by atoms with Crippen molar-refractivity contribution < 1.29 is 4.79 Å². The van der Waals surface area contributed by atoms with Gasteiger partial charge in [0.25, 0.3) is 0 Å². The molecule has 0 bridgehead atoms. The maximum absolute atomic E-state index is 12.4. The topological polar surface area (TPSA) is 34.9 Å². The molecule has 0 aliphatic carbocycles. The van der Waals surface area contributed by atoms with Crippen molar-refractivity contribution in [3.8, 4) is 0 Å². The molecule has 3 rings (SSSR count). The first-order chi connectivity index (χ1) is 9.66. The number of Topliss-reactive ketones (excluding diaryl/α,β-unsaturated/α-hetero) is 1. The van der Waals surface area contributed by atoms with Gasteiger partial charge in [-0.3, -0.25) is 9.48 Å². The fourth-order valence-electron chi connectivity index (χ4n) is 2.35. The highest BCUT2D eigenvalue weighted by Crippen LogP contribution is 2.21. The molecule has 0 saturated heterocycles. The van der Waals surface area contributed by atoms with E-state index in [4.69, 9.17) is 11.6 Å². The van der Waals surface area contributed by atoms with E-state index in [2.05, 4.69) is 5.10 Å². The molecular weight excluding hydrogens is 272 g/mol. The second-order valence-electron chi connectivity index (χ2n) is 4.67. The summed E-state index contributed by atoms with van der Waals surface area (Å²) >= 11 is 6.06. The van der Waals surface area contributed by atoms with E-state index < -0.39 is 0 Å². The first-order valence-electron chi connectivity index (χ1n) is 6.35. The molecule has 3 nitrogen and oxygen atoms in total. The molecule has 0 unspecified atom stereocenters. The number of ketones is 1. The van der Waals surface area contributed by atoms with Crippen molar-refractivity contribution in [2.45, 2.75) is 6.42 Å². The molecule has 4 heteroatoms. The summed E-state index contributed by atoms with van der Waals surface area (Å²) in [5, 5.41) is 5.93. The van der Waals surface area contributed by atoms with Gasteiger partial charge in [0.15, 0.2) is 5.78 Å². The molecule has 0 fully saturated rings. The number of carbonyl (C=O) groups excluding carboxylic acids is 1. The van der Waals surface area contributed by atoms with Crippen LogP contribution in [0.1, 0.15) is 16.1 Å². The molecule has 0 radical (unpaired) electrons. The van der Waals surface area contributed by atoms with E-state index in [1.807, 2.05) is 43.4 Å². The number of benzene rings is 2. The summed E-state index contributed by atoms with van der Waals surface area (Å²) in [7, 11) is 1.88. The fourth-order valence-corrected chi connectivity index (χ4v) is 2.60. The van der Waals surface area contributed by atoms with E-state index in [0.717, 1.165) is 16.6 Å². The third-order valence-corrected chi connectivity index (χ3v) is 3.67. The second-order valence-corrected chi connectivity index (χ2v) is 5.07. The molecular formula is C16H13ClN2O. The lowest BCUT2D eigenvalue weighted by atomic mass is 10.0. The maximum atomic E-state index is 12.4. The fraction of sp³-hybridized carbons (Fsp3) is 0.125. The summed E-state index contributed by atoms with van der Waals surface area (Å²) < 4.78 is 1.80. The molecule has 2 aromatic carbocycles. The van der Waals surface area contributed by atoms with E-state index in [9.17, 15) is 4.79 Å². The highest BCUT2D eigenvalue weighted by Gasteiger charge is 2.15. The highest BCUT2D eigenvalue weighted by molar-refractivity contribution is 6.34. The predicted molar refractivity (Wildman–Crippen MR) is 80.2 cm³/mol. The van der Waals surface area contributed by atoms with Gasteiger partial charge in [-0.05, 0) is 18.2 Å². The van der Waals surface area contributed by atoms with Gasteiger partial charge in [-0.15, -0.1) is 0 Å². The van der Waals surface area contributed by atoms with Crippen LogP contribution in [-0.2, 0) is 13.5 Å². The number of para-hydroxylation sites is 1. The number of nitrogens with zero attached hydrogens (tertiary/aromatic N) is 2. The Bertz CT molecular complexity index is 792. The largest absolute Gasteiger partial charge is 0.294 e. The summed E-state index contributed by atoms with van der Waals surface area (Å²) in [6.45, 7) is 0. The molecule has 1 heterocycles. The third-order valence-electron chi connectivity index (χ3n) is 3.34. The van der Waals surface area contributed by atoms with Crippen molar-refractivity contribution in [2.75, 3.05) is 0 Å². The number of aryl methyl sites for hydroxylation is 1. The predicted octanol–water partition coefficient (Wildman–Crippen LogP) is 3.65. The zero-order valence-electron chi connectivity index (χ0n) is 11.0. The van der Waals surface area contributed by atoms with Crippen LogP contribution in [0.25, 0.3) is 10.9 Å². The van der Waals surface area contributed by atoms with Gasteiger partial charge in [0.05, 0.1) is 22.7 Å². The second kappa shape index (κ2) is 5.10. The Morgan fingerprint density at radius 1 is 1.15 bits per heavy atom. The molecule has 100 valence electrons. The average molecular weight is 285 g/mol. The average Bonchev–Trinajstić information content (AvgIpc) is 2.76. The Balaban J connectivity index is 1.98. The number of halogens is 1. The summed E-state index contributed by atoms with van der Waals surface area (Å²) in [5.41, 5.74) is 2.35. The van der Waals surface area contributed by atoms with Crippen LogP contribution in [0.3, 0.4) is 0 Å². The summed E-state index contributed by atoms with van der Waals surface area (Å²) in [5.74, 6) is -0.0144. The Kier molecular flexibility index (Phi) is 3.28. The SMILES string of the molecule is Cn1nc(CC(=O)c2ccccc2Cl)c2ccccc21. The molecule has 0 spiro atoms. The number of fused-ring (bicyclic) bond motifs is 1. The third kappa shape index (κ3) is 2.21. The number of rotatable bonds is 3. The first-order valence-corrected chi connectivity index (χ1v) is 6.73. The lowest BCUT2D eigenvalue weighted by molar-refractivity contribution is 0.0992. The molecule has 1 aromatic heterocycles. The Labute approximate surface area is 121 Å². The summed E-state index contributed by atoms with van der Waals surface area (Å²) in [4.78, 5) is 12.4. The Morgan fingerprint density at radius 3 is 2.65 bits per heavy atom. The van der Waals surface area contributed by atoms with Crippen molar-refractivity contribution in [2.24, 2.45) is 7.05 Å². The van der Waals surface area contributed by atoms with Gasteiger partial charge in [0.2, 0.25) is 0 Å². The van der Waals surface area contributed by atoms with Gasteiger partial charge >= 0.3 is 0 Å². The van der Waals surface area contributed by atoms with E-state index >= 15 is 0 Å². The van der Waals surface area contributed by atoms with Gasteiger partial charge in [-0.1, -0.05) is 41.9 Å². The van der Waals surface area contributed by atoms with E-state index in [-0.39, 0.29) is 12.2 Å². The molecule has 0 aliphatic rings. The van der Waals surface area contributed by atoms with E-state index in [1.54, 1.807) is 16.8 Å². The smallest absolute Gasteiger partial charge is 0.170 e. The minimum atomic E-state index is -0.0144. The quantitative estimate of drug-likeness (QED) is 0.688. The number of aromatic nitrogens is 2. The van der Waals surface area contributed by atoms with E-state index in [0.29, 0.717) is 10.6 Å². The minimum absolute atomic E-state index is 0.0144. The van der Waals surface area contributed by atoms with Gasteiger partial charge in [-0.25, -0.2) is 0 Å². The van der Waals surface area contributed by atoms with Crippen LogP contribution in [0.5, 0.6) is 0 Å². The highest BCUT2D eigenvalue weighted by atomic mass is 35.5. The lowest BCUT2D eigenvalue weighted by Gasteiger charge is -2.01. The van der Waals surface area contributed by atoms with Crippen LogP contribution in [0.4, 0.5) is 0 Å². The Morgan fingerprint density at radius 2 is 1.85 bits per heavy atom. The summed E-state index contributed by atoms with van der Waals surface area (Å²) in [6, 6.07) is 15.0. The zero-order valence-corrected chi connectivity index (χ0v) is 11.8. The van der Waals surface area contributed by atoms with Crippen LogP contribution in [0.15, 0.2) is 48.5 Å². The molecule has 0 atom stereocenters. The standard InChI is InChI=1S/C16H13ClN2O/c1-19-15-9-5-3-7-12(15)14(18-19)10-16(20)11-6-2-4-8-13(11)17/h2-9H,10H2,1H3. The van der Waals surface area contributed by atoms with Crippen LogP contribution >= 0.6 is 11.6 Å². The molecule has 0 N–H and O–H groups in total. The molecule has 0 saturated carbocycles. The monoisotopic (exact) mass is 284 g/mol. The van der Waals surface area contributed by atoms with Crippen molar-refractivity contribution in [3.63, 3.8) is 0 Å². The van der Waals surface area contributed by atoms with Crippen LogP contribution in [0, 0.1) is 0 Å². The lowest BCUT2D eigenvalue weighted by Crippen LogP contribution is -2.05. The zero-order chi connectivity index (χ0) is 14.1. The van der Waals surface area contributed by atoms with Crippen molar-refractivity contribution in [1.29, 1.82) is 0 Å². The van der Waals surface area contributed by atoms with Crippen molar-refractivity contribution in [1.82, 2.24) is 9.78 Å². The van der Waals surface area contributed by atoms with Crippen LogP contribution in [-0.4, -0.2) is 15.6 Å². The van der Waals surface area contributed by atoms with Gasteiger partial charge in [0.1, 0.15) is 0 Å².